The average molecular weight is 364 g/mol. The van der Waals surface area contributed by atoms with E-state index in [1.54, 1.807) is 12.1 Å². The van der Waals surface area contributed by atoms with E-state index in [9.17, 15) is 14.9 Å². The molecule has 11 heteroatoms. The molecule has 0 radical (unpaired) electrons. The van der Waals surface area contributed by atoms with E-state index < -0.39 is 31.4 Å². The van der Waals surface area contributed by atoms with Crippen molar-refractivity contribution in [2.45, 2.75) is 23.4 Å². The molecule has 0 saturated carbocycles. The molecule has 25 heavy (non-hydrogen) atoms. The smallest absolute Gasteiger partial charge is 0.387 e. The Bertz CT molecular complexity index is 913. The lowest BCUT2D eigenvalue weighted by atomic mass is 9.91. The molecule has 4 heterocycles. The van der Waals surface area contributed by atoms with Crippen LogP contribution in [-0.2, 0) is 24.2 Å². The largest absolute Gasteiger partial charge is 0.504 e. The van der Waals surface area contributed by atoms with Crippen LogP contribution < -0.4 is 5.73 Å². The summed E-state index contributed by atoms with van der Waals surface area (Å²) in [5, 5.41) is 24.7. The maximum absolute atomic E-state index is 11.3. The fraction of sp³-hybridized carbons (Fsp3) is 0.500. The van der Waals surface area contributed by atoms with E-state index >= 15 is 0 Å². The monoisotopic (exact) mass is 364 g/mol. The number of nitrogens with two attached hydrogens (primary N) is 1. The lowest BCUT2D eigenvalue weighted by Crippen LogP contribution is -2.47. The van der Waals surface area contributed by atoms with E-state index in [1.807, 2.05) is 0 Å². The standard InChI is InChI=1S/C14H15N5O5P/c1-25(21)23-6-13-5-22-11(10(13)20)14(4-15,24-13)9-3-2-8-12(16)17-7-18-19(8)9/h2-3,7,10-11,20H,5-6H2,1H3,(H2,16,17,18)/q+1/t10-,11+,13+,14-/m0/s1. The summed E-state index contributed by atoms with van der Waals surface area (Å²) in [6.45, 7) is 1.28. The molecule has 3 N–H and O–H groups in total. The highest BCUT2D eigenvalue weighted by Crippen LogP contribution is 2.51. The van der Waals surface area contributed by atoms with Gasteiger partial charge in [-0.15, -0.1) is 4.52 Å². The Hall–Kier alpha value is -2.15. The Morgan fingerprint density at radius 2 is 2.44 bits per heavy atom. The molecule has 1 unspecified atom stereocenters. The number of aliphatic hydroxyl groups is 1. The highest BCUT2D eigenvalue weighted by Gasteiger charge is 2.71. The Balaban J connectivity index is 1.81. The number of fused-ring (bicyclic) bond motifs is 3. The molecule has 2 aliphatic heterocycles. The van der Waals surface area contributed by atoms with Gasteiger partial charge in [-0.3, -0.25) is 0 Å². The summed E-state index contributed by atoms with van der Waals surface area (Å²) in [6, 6.07) is 5.41. The molecule has 0 aliphatic carbocycles. The first-order valence-corrected chi connectivity index (χ1v) is 9.09. The first-order valence-electron chi connectivity index (χ1n) is 7.47. The fourth-order valence-electron chi connectivity index (χ4n) is 3.42. The Kier molecular flexibility index (Phi) is 3.54. The maximum atomic E-state index is 11.3. The predicted molar refractivity (Wildman–Crippen MR) is 83.7 cm³/mol. The lowest BCUT2D eigenvalue weighted by molar-refractivity contribution is -0.193. The van der Waals surface area contributed by atoms with Gasteiger partial charge < -0.3 is 20.3 Å². The Labute approximate surface area is 143 Å². The molecule has 0 amide bonds. The minimum Gasteiger partial charge on any atom is -0.387 e. The molecular formula is C14H15N5O5P+. The van der Waals surface area contributed by atoms with E-state index in [-0.39, 0.29) is 19.0 Å². The van der Waals surface area contributed by atoms with E-state index in [2.05, 4.69) is 16.2 Å². The van der Waals surface area contributed by atoms with Crippen LogP contribution in [0.4, 0.5) is 5.82 Å². The molecule has 0 spiro atoms. The van der Waals surface area contributed by atoms with Gasteiger partial charge in [0.15, 0.2) is 18.1 Å². The van der Waals surface area contributed by atoms with Crippen molar-refractivity contribution in [1.29, 1.82) is 5.26 Å². The number of ether oxygens (including phenoxy) is 2. The van der Waals surface area contributed by atoms with Gasteiger partial charge >= 0.3 is 8.03 Å². The van der Waals surface area contributed by atoms with Crippen LogP contribution in [-0.4, -0.2) is 57.4 Å². The van der Waals surface area contributed by atoms with E-state index in [4.69, 9.17) is 19.7 Å². The van der Waals surface area contributed by atoms with Crippen LogP contribution in [0.15, 0.2) is 18.5 Å². The number of nitriles is 1. The number of hydrogen-bond donors (Lipinski definition) is 2. The molecule has 2 fully saturated rings. The summed E-state index contributed by atoms with van der Waals surface area (Å²) in [6.07, 6.45) is -0.792. The van der Waals surface area contributed by atoms with Crippen molar-refractivity contribution in [3.05, 3.63) is 24.2 Å². The molecule has 2 aliphatic rings. The van der Waals surface area contributed by atoms with Crippen LogP contribution in [0.1, 0.15) is 5.69 Å². The van der Waals surface area contributed by atoms with Gasteiger partial charge in [0.05, 0.1) is 12.3 Å². The molecule has 2 aromatic heterocycles. The normalized spacial score (nSPS) is 34.4. The number of nitrogen functional groups attached to an aromatic ring is 1. The van der Waals surface area contributed by atoms with Gasteiger partial charge in [-0.2, -0.15) is 10.4 Å². The summed E-state index contributed by atoms with van der Waals surface area (Å²) < 4.78 is 29.6. The molecule has 5 atom stereocenters. The van der Waals surface area contributed by atoms with E-state index in [0.717, 1.165) is 0 Å². The highest BCUT2D eigenvalue weighted by atomic mass is 31.1. The third-order valence-electron chi connectivity index (χ3n) is 4.62. The molecular weight excluding hydrogens is 349 g/mol. The van der Waals surface area contributed by atoms with Crippen molar-refractivity contribution >= 4 is 19.4 Å². The van der Waals surface area contributed by atoms with Crippen LogP contribution in [0.3, 0.4) is 0 Å². The van der Waals surface area contributed by atoms with Crippen LogP contribution >= 0.6 is 8.03 Å². The second-order valence-corrected chi connectivity index (χ2v) is 7.20. The molecule has 130 valence electrons. The zero-order valence-corrected chi connectivity index (χ0v) is 14.1. The topological polar surface area (TPSA) is 145 Å². The molecule has 2 saturated heterocycles. The number of rotatable bonds is 4. The number of anilines is 1. The summed E-state index contributed by atoms with van der Waals surface area (Å²) in [4.78, 5) is 3.91. The van der Waals surface area contributed by atoms with Crippen LogP contribution in [0.25, 0.3) is 5.52 Å². The number of nitrogens with zero attached hydrogens (tertiary/aromatic N) is 4. The summed E-state index contributed by atoms with van der Waals surface area (Å²) >= 11 is 0. The van der Waals surface area contributed by atoms with Gasteiger partial charge in [-0.05, 0) is 16.7 Å². The molecule has 0 aromatic carbocycles. The zero-order valence-electron chi connectivity index (χ0n) is 13.2. The van der Waals surface area contributed by atoms with Crippen LogP contribution in [0.5, 0.6) is 0 Å². The predicted octanol–water partition coefficient (Wildman–Crippen LogP) is -0.0521. The third-order valence-corrected chi connectivity index (χ3v) is 5.11. The minimum absolute atomic E-state index is 0.0336. The van der Waals surface area contributed by atoms with E-state index in [0.29, 0.717) is 11.2 Å². The SMILES string of the molecule is C[P+](=O)OC[C@]12CO[C@H]([C@@H]1O)[C@](C#N)(c1ccc3c(N)ncnn13)O2. The van der Waals surface area contributed by atoms with Crippen molar-refractivity contribution in [3.63, 3.8) is 0 Å². The number of aliphatic hydroxyl groups excluding tert-OH is 1. The Morgan fingerprint density at radius 1 is 1.64 bits per heavy atom. The van der Waals surface area contributed by atoms with Crippen LogP contribution in [0, 0.1) is 11.3 Å². The van der Waals surface area contributed by atoms with Gasteiger partial charge in [0.25, 0.3) is 0 Å². The fourth-order valence-corrected chi connectivity index (χ4v) is 3.82. The van der Waals surface area contributed by atoms with Crippen molar-refractivity contribution in [2.24, 2.45) is 0 Å². The average Bonchev–Trinajstić information content (AvgIpc) is 3.23. The third kappa shape index (κ3) is 2.11. The van der Waals surface area contributed by atoms with Gasteiger partial charge in [0.2, 0.25) is 5.60 Å². The summed E-state index contributed by atoms with van der Waals surface area (Å²) in [5.41, 5.74) is 3.83. The van der Waals surface area contributed by atoms with E-state index in [1.165, 1.54) is 17.5 Å². The maximum Gasteiger partial charge on any atom is 0.504 e. The van der Waals surface area contributed by atoms with Crippen molar-refractivity contribution in [1.82, 2.24) is 14.6 Å². The minimum atomic E-state index is -1.89. The molecule has 2 aromatic rings. The first-order chi connectivity index (χ1) is 11.9. The number of hydrogen-bond acceptors (Lipinski definition) is 9. The molecule has 2 bridgehead atoms. The highest BCUT2D eigenvalue weighted by molar-refractivity contribution is 7.38. The van der Waals surface area contributed by atoms with Gasteiger partial charge in [0, 0.05) is 0 Å². The van der Waals surface area contributed by atoms with Gasteiger partial charge in [0.1, 0.15) is 36.7 Å². The Morgan fingerprint density at radius 3 is 3.16 bits per heavy atom. The first kappa shape index (κ1) is 16.3. The van der Waals surface area contributed by atoms with Crippen LogP contribution in [0.2, 0.25) is 0 Å². The zero-order chi connectivity index (χ0) is 17.8. The van der Waals surface area contributed by atoms with Crippen molar-refractivity contribution < 1.29 is 23.7 Å². The summed E-state index contributed by atoms with van der Waals surface area (Å²) in [5.74, 6) is 0.250. The second-order valence-electron chi connectivity index (χ2n) is 6.06. The molecule has 10 nitrogen and oxygen atoms in total. The van der Waals surface area contributed by atoms with Gasteiger partial charge in [-0.25, -0.2) is 9.50 Å². The quantitative estimate of drug-likeness (QED) is 0.713. The number of aromatic nitrogens is 3. The second kappa shape index (κ2) is 5.42. The van der Waals surface area contributed by atoms with Gasteiger partial charge in [-0.1, -0.05) is 0 Å². The molecule has 4 rings (SSSR count). The lowest BCUT2D eigenvalue weighted by Gasteiger charge is -2.33. The summed E-state index contributed by atoms with van der Waals surface area (Å²) in [7, 11) is -1.89. The van der Waals surface area contributed by atoms with Crippen molar-refractivity contribution in [2.75, 3.05) is 25.6 Å². The van der Waals surface area contributed by atoms with Crippen molar-refractivity contribution in [3.8, 4) is 6.07 Å².